The van der Waals surface area contributed by atoms with Crippen molar-refractivity contribution in [2.45, 2.75) is 36.5 Å². The second-order valence-electron chi connectivity index (χ2n) is 14.5. The van der Waals surface area contributed by atoms with E-state index in [0.717, 1.165) is 0 Å². The van der Waals surface area contributed by atoms with Crippen LogP contribution in [0.2, 0.25) is 0 Å². The number of Topliss-reactive ketones (excluding diaryl/α,β-unsaturated/α-hetero) is 1. The quantitative estimate of drug-likeness (QED) is 0.124. The number of aromatic hydroxyl groups is 1. The maximum absolute atomic E-state index is 15.1. The molecule has 1 heterocycles. The minimum Gasteiger partial charge on any atom is -0.508 e. The molecule has 6 atom stereocenters. The molecule has 1 saturated heterocycles. The second kappa shape index (κ2) is 13.1. The Bertz CT molecular complexity index is 2340. The number of hydrogen-bond donors (Lipinski definition) is 1. The molecule has 3 aliphatic carbocycles. The predicted molar refractivity (Wildman–Crippen MR) is 190 cm³/mol. The van der Waals surface area contributed by atoms with E-state index >= 15 is 9.59 Å². The van der Waals surface area contributed by atoms with Crippen molar-refractivity contribution in [2.24, 2.45) is 23.7 Å². The Labute approximate surface area is 315 Å². The number of carbonyl (C=O) groups is 4. The molecule has 0 spiro atoms. The van der Waals surface area contributed by atoms with Gasteiger partial charge in [0.15, 0.2) is 11.6 Å². The molecule has 7 nitrogen and oxygen atoms in total. The lowest BCUT2D eigenvalue weighted by Gasteiger charge is -2.55. The van der Waals surface area contributed by atoms with Crippen molar-refractivity contribution in [2.75, 3.05) is 12.0 Å². The number of ketones is 2. The van der Waals surface area contributed by atoms with Gasteiger partial charge in [0.2, 0.25) is 11.8 Å². The van der Waals surface area contributed by atoms with Gasteiger partial charge in [0.25, 0.3) is 0 Å². The maximum Gasteiger partial charge on any atom is 0.416 e. The van der Waals surface area contributed by atoms with Gasteiger partial charge in [0.05, 0.1) is 41.2 Å². The van der Waals surface area contributed by atoms with Crippen molar-refractivity contribution in [1.82, 2.24) is 0 Å². The van der Waals surface area contributed by atoms with E-state index in [1.807, 2.05) is 0 Å². The van der Waals surface area contributed by atoms with Crippen LogP contribution >= 0.6 is 0 Å². The number of phenols is 1. The van der Waals surface area contributed by atoms with Crippen LogP contribution in [0.3, 0.4) is 0 Å². The smallest absolute Gasteiger partial charge is 0.416 e. The molecule has 2 amide bonds. The number of phenolic OH excluding ortho intramolecular Hbond substituents is 1. The monoisotopic (exact) mass is 771 g/mol. The number of hydrogen-bond acceptors (Lipinski definition) is 6. The van der Waals surface area contributed by atoms with Gasteiger partial charge in [-0.2, -0.15) is 26.3 Å². The van der Waals surface area contributed by atoms with Crippen molar-refractivity contribution < 1.29 is 55.4 Å². The third-order valence-electron chi connectivity index (χ3n) is 11.8. The van der Waals surface area contributed by atoms with Gasteiger partial charge in [0, 0.05) is 29.0 Å². The lowest BCUT2D eigenvalue weighted by molar-refractivity contribution is -0.143. The molecule has 0 bridgehead atoms. The molecule has 1 saturated carbocycles. The Balaban J connectivity index is 1.34. The molecule has 0 aromatic heterocycles. The first-order valence-corrected chi connectivity index (χ1v) is 17.7. The van der Waals surface area contributed by atoms with Gasteiger partial charge < -0.3 is 9.84 Å². The number of rotatable bonds is 5. The zero-order valence-corrected chi connectivity index (χ0v) is 29.4. The number of allylic oxidation sites excluding steroid dienone is 4. The number of carbonyl (C=O) groups excluding carboxylic acids is 4. The summed E-state index contributed by atoms with van der Waals surface area (Å²) in [4.78, 5) is 59.1. The Kier molecular flexibility index (Phi) is 8.62. The summed E-state index contributed by atoms with van der Waals surface area (Å²) in [5.74, 6) is -8.75. The molecular formula is C43H31F6NO6. The highest BCUT2D eigenvalue weighted by atomic mass is 19.4. The van der Waals surface area contributed by atoms with Gasteiger partial charge in [-0.05, 0) is 60.2 Å². The zero-order valence-electron chi connectivity index (χ0n) is 29.4. The molecule has 4 aromatic rings. The zero-order chi connectivity index (χ0) is 39.9. The topological polar surface area (TPSA) is 101 Å². The first-order valence-electron chi connectivity index (χ1n) is 17.7. The molecule has 1 aliphatic heterocycles. The lowest BCUT2D eigenvalue weighted by Crippen LogP contribution is -2.58. The van der Waals surface area contributed by atoms with Gasteiger partial charge >= 0.3 is 12.4 Å². The van der Waals surface area contributed by atoms with E-state index in [9.17, 15) is 41.0 Å². The normalized spacial score (nSPS) is 26.3. The van der Waals surface area contributed by atoms with Crippen molar-refractivity contribution in [1.29, 1.82) is 0 Å². The first-order chi connectivity index (χ1) is 26.6. The van der Waals surface area contributed by atoms with Gasteiger partial charge in [-0.3, -0.25) is 19.2 Å². The predicted octanol–water partition coefficient (Wildman–Crippen LogP) is 8.47. The Morgan fingerprint density at radius 1 is 0.768 bits per heavy atom. The number of methoxy groups -OCH3 is 1. The van der Waals surface area contributed by atoms with E-state index in [1.54, 1.807) is 78.9 Å². The van der Waals surface area contributed by atoms with E-state index < -0.39 is 87.6 Å². The fourth-order valence-electron chi connectivity index (χ4n) is 9.44. The average Bonchev–Trinajstić information content (AvgIpc) is 3.44. The number of imide groups is 1. The summed E-state index contributed by atoms with van der Waals surface area (Å²) in [6, 6.07) is 22.1. The summed E-state index contributed by atoms with van der Waals surface area (Å²) in [5.41, 5.74) is -4.27. The summed E-state index contributed by atoms with van der Waals surface area (Å²) in [5, 5.41) is 11.6. The van der Waals surface area contributed by atoms with Crippen LogP contribution in [0.15, 0.2) is 115 Å². The number of amides is 2. The number of alkyl halides is 6. The van der Waals surface area contributed by atoms with Gasteiger partial charge in [-0.1, -0.05) is 78.4 Å². The number of anilines is 1. The highest BCUT2D eigenvalue weighted by molar-refractivity contribution is 6.32. The Morgan fingerprint density at radius 2 is 1.39 bits per heavy atom. The van der Waals surface area contributed by atoms with Crippen molar-refractivity contribution in [3.63, 3.8) is 0 Å². The average molecular weight is 772 g/mol. The van der Waals surface area contributed by atoms with Crippen molar-refractivity contribution in [3.05, 3.63) is 143 Å². The summed E-state index contributed by atoms with van der Waals surface area (Å²) in [6.07, 6.45) is -7.83. The van der Waals surface area contributed by atoms with Crippen LogP contribution < -0.4 is 9.64 Å². The summed E-state index contributed by atoms with van der Waals surface area (Å²) in [6.45, 7) is 0. The summed E-state index contributed by atoms with van der Waals surface area (Å²) in [7, 11) is 1.39. The Morgan fingerprint density at radius 3 is 1.98 bits per heavy atom. The number of fused-ring (bicyclic) bond motifs is 4. The molecular weight excluding hydrogens is 740 g/mol. The molecule has 2 fully saturated rings. The fraction of sp³-hybridized carbons (Fsp3) is 0.256. The van der Waals surface area contributed by atoms with E-state index in [1.165, 1.54) is 19.3 Å². The SMILES string of the molecule is COc1ccc([C@H]2C3=CC[C@@H]4C(=O)N(c5cc(C(F)(F)F)cc(C(F)(F)F)c5)C(=O)[C@@H]4[C@@H]3C[C@H]3C(=O)C(c4ccccc4)=CC(=O)[C@@]23c2ccccc2)c(O)c1. The summed E-state index contributed by atoms with van der Waals surface area (Å²) >= 11 is 0. The molecule has 56 heavy (non-hydrogen) atoms. The molecule has 8 rings (SSSR count). The number of nitrogens with zero attached hydrogens (tertiary/aromatic N) is 1. The van der Waals surface area contributed by atoms with E-state index in [0.29, 0.717) is 33.7 Å². The van der Waals surface area contributed by atoms with Crippen LogP contribution in [0.4, 0.5) is 32.0 Å². The molecule has 1 N–H and O–H groups in total. The highest BCUT2D eigenvalue weighted by Crippen LogP contribution is 2.64. The maximum atomic E-state index is 15.1. The van der Waals surface area contributed by atoms with Crippen LogP contribution in [0.25, 0.3) is 5.57 Å². The molecule has 4 aliphatic rings. The third-order valence-corrected chi connectivity index (χ3v) is 11.8. The van der Waals surface area contributed by atoms with Crippen LogP contribution in [0, 0.1) is 23.7 Å². The van der Waals surface area contributed by atoms with Crippen molar-refractivity contribution >= 4 is 34.6 Å². The van der Waals surface area contributed by atoms with E-state index in [2.05, 4.69) is 0 Å². The molecule has 4 aromatic carbocycles. The van der Waals surface area contributed by atoms with Crippen LogP contribution in [-0.2, 0) is 36.9 Å². The van der Waals surface area contributed by atoms with Gasteiger partial charge in [0.1, 0.15) is 11.5 Å². The number of ether oxygens (including phenoxy) is 1. The largest absolute Gasteiger partial charge is 0.508 e. The minimum atomic E-state index is -5.24. The molecule has 0 unspecified atom stereocenters. The van der Waals surface area contributed by atoms with Gasteiger partial charge in [-0.25, -0.2) is 4.90 Å². The molecule has 286 valence electrons. The van der Waals surface area contributed by atoms with Crippen molar-refractivity contribution in [3.8, 4) is 11.5 Å². The van der Waals surface area contributed by atoms with Crippen LogP contribution in [-0.4, -0.2) is 35.6 Å². The standard InChI is InChI=1S/C43H31F6NO6/c1-56-27-12-13-29(34(51)19-27)37-28-14-15-30-36(40(55)50(39(30)54)26-17-24(42(44,45)46)16-25(18-26)43(47,48)49)32(28)20-33-38(53)31(22-8-4-2-5-9-22)21-35(52)41(33,37)23-10-6-3-7-11-23/h2-14,16-19,21,30,32-33,36-37,51H,15,20H2,1H3/t30-,32+,33-,36-,37+,41-/m0/s1. The van der Waals surface area contributed by atoms with Gasteiger partial charge in [-0.15, -0.1) is 0 Å². The number of benzene rings is 4. The van der Waals surface area contributed by atoms with Crippen LogP contribution in [0.1, 0.15) is 46.6 Å². The third kappa shape index (κ3) is 5.57. The lowest BCUT2D eigenvalue weighted by atomic mass is 9.44. The highest BCUT2D eigenvalue weighted by Gasteiger charge is 2.66. The minimum absolute atomic E-state index is 0.0823. The van der Waals surface area contributed by atoms with E-state index in [-0.39, 0.29) is 41.5 Å². The number of halogens is 6. The molecule has 0 radical (unpaired) electrons. The summed E-state index contributed by atoms with van der Waals surface area (Å²) < 4.78 is 88.8. The fourth-order valence-corrected chi connectivity index (χ4v) is 9.44. The second-order valence-corrected chi connectivity index (χ2v) is 14.5. The van der Waals surface area contributed by atoms with Crippen LogP contribution in [0.5, 0.6) is 11.5 Å². The first kappa shape index (κ1) is 37.0. The van der Waals surface area contributed by atoms with E-state index in [4.69, 9.17) is 4.74 Å². The Hall–Kier alpha value is -5.98. The molecule has 13 heteroatoms.